The number of hydrogen-bond acceptors (Lipinski definition) is 6. The van der Waals surface area contributed by atoms with Crippen LogP contribution in [0.5, 0.6) is 11.6 Å². The molecule has 7 nitrogen and oxygen atoms in total. The van der Waals surface area contributed by atoms with Gasteiger partial charge in [0.05, 0.1) is 18.6 Å². The van der Waals surface area contributed by atoms with Gasteiger partial charge in [0.25, 0.3) is 0 Å². The van der Waals surface area contributed by atoms with E-state index in [1.165, 1.54) is 23.5 Å². The molecule has 3 rings (SSSR count). The lowest BCUT2D eigenvalue weighted by Crippen LogP contribution is -2.44. The second kappa shape index (κ2) is 7.77. The Kier molecular flexibility index (Phi) is 5.61. The molecule has 0 N–H and O–H groups in total. The maximum Gasteiger partial charge on any atom is 0.243 e. The number of piperidine rings is 1. The van der Waals surface area contributed by atoms with Gasteiger partial charge in [-0.05, 0) is 44.9 Å². The van der Waals surface area contributed by atoms with Crippen molar-refractivity contribution in [1.82, 2.24) is 14.3 Å². The summed E-state index contributed by atoms with van der Waals surface area (Å²) < 4.78 is 51.8. The van der Waals surface area contributed by atoms with Gasteiger partial charge in [0.15, 0.2) is 11.6 Å². The van der Waals surface area contributed by atoms with Crippen LogP contribution < -0.4 is 9.47 Å². The summed E-state index contributed by atoms with van der Waals surface area (Å²) in [6.07, 6.45) is 1.03. The van der Waals surface area contributed by atoms with Gasteiger partial charge >= 0.3 is 0 Å². The highest BCUT2D eigenvalue weighted by atomic mass is 32.2. The van der Waals surface area contributed by atoms with Crippen molar-refractivity contribution in [1.29, 1.82) is 0 Å². The highest BCUT2D eigenvalue weighted by Crippen LogP contribution is 2.26. The van der Waals surface area contributed by atoms with E-state index in [1.54, 1.807) is 13.0 Å². The van der Waals surface area contributed by atoms with E-state index in [1.807, 2.05) is 6.92 Å². The van der Waals surface area contributed by atoms with E-state index in [0.29, 0.717) is 31.1 Å². The molecular weight excluding hydrogens is 373 g/mol. The Bertz CT molecular complexity index is 916. The van der Waals surface area contributed by atoms with Crippen LogP contribution in [0.15, 0.2) is 29.2 Å². The van der Waals surface area contributed by atoms with Gasteiger partial charge in [-0.2, -0.15) is 9.29 Å². The molecule has 1 aliphatic heterocycles. The molecule has 1 unspecified atom stereocenters. The molecule has 1 fully saturated rings. The number of hydrogen-bond donors (Lipinski definition) is 0. The van der Waals surface area contributed by atoms with Crippen LogP contribution in [0.3, 0.4) is 0 Å². The molecule has 2 heterocycles. The molecule has 9 heteroatoms. The summed E-state index contributed by atoms with van der Waals surface area (Å²) >= 11 is 0. The molecule has 1 aromatic heterocycles. The van der Waals surface area contributed by atoms with E-state index in [-0.39, 0.29) is 23.3 Å². The molecule has 1 aromatic carbocycles. The minimum absolute atomic E-state index is 0.00306. The third kappa shape index (κ3) is 4.36. The molecule has 0 saturated carbocycles. The number of rotatable bonds is 5. The Hall–Kier alpha value is -2.26. The van der Waals surface area contributed by atoms with Crippen LogP contribution in [0.1, 0.15) is 24.4 Å². The molecule has 2 aromatic rings. The Morgan fingerprint density at radius 3 is 2.67 bits per heavy atom. The molecule has 0 radical (unpaired) electrons. The SMILES string of the molecule is COc1ccc(S(=O)(=O)N2CCCC(Oc3cc(C)nc(C)n3)C2)cc1F. The first-order valence-electron chi connectivity index (χ1n) is 8.62. The van der Waals surface area contributed by atoms with Crippen LogP contribution in [0.25, 0.3) is 0 Å². The van der Waals surface area contributed by atoms with Crippen molar-refractivity contribution < 1.29 is 22.3 Å². The number of aromatic nitrogens is 2. The molecule has 146 valence electrons. The van der Waals surface area contributed by atoms with Crippen molar-refractivity contribution in [2.45, 2.75) is 37.7 Å². The predicted molar refractivity (Wildman–Crippen MR) is 96.9 cm³/mol. The van der Waals surface area contributed by atoms with Crippen molar-refractivity contribution in [2.24, 2.45) is 0 Å². The van der Waals surface area contributed by atoms with Gasteiger partial charge in [-0.3, -0.25) is 0 Å². The molecule has 1 aliphatic rings. The maximum atomic E-state index is 13.9. The van der Waals surface area contributed by atoms with Crippen molar-refractivity contribution in [3.05, 3.63) is 41.6 Å². The minimum atomic E-state index is -3.83. The Morgan fingerprint density at radius 2 is 2.00 bits per heavy atom. The molecule has 0 bridgehead atoms. The number of nitrogens with zero attached hydrogens (tertiary/aromatic N) is 3. The zero-order valence-electron chi connectivity index (χ0n) is 15.5. The monoisotopic (exact) mass is 395 g/mol. The molecule has 0 amide bonds. The summed E-state index contributed by atoms with van der Waals surface area (Å²) in [4.78, 5) is 8.34. The Labute approximate surface area is 158 Å². The topological polar surface area (TPSA) is 81.6 Å². The van der Waals surface area contributed by atoms with E-state index in [2.05, 4.69) is 9.97 Å². The fourth-order valence-electron chi connectivity index (χ4n) is 3.09. The predicted octanol–water partition coefficient (Wildman–Crippen LogP) is 2.47. The maximum absolute atomic E-state index is 13.9. The summed E-state index contributed by atoms with van der Waals surface area (Å²) in [6.45, 7) is 4.16. The van der Waals surface area contributed by atoms with Crippen molar-refractivity contribution in [2.75, 3.05) is 20.2 Å². The van der Waals surface area contributed by atoms with Gasteiger partial charge in [0.2, 0.25) is 15.9 Å². The zero-order valence-corrected chi connectivity index (χ0v) is 16.3. The fourth-order valence-corrected chi connectivity index (χ4v) is 4.61. The van der Waals surface area contributed by atoms with Crippen LogP contribution >= 0.6 is 0 Å². The zero-order chi connectivity index (χ0) is 19.6. The van der Waals surface area contributed by atoms with E-state index < -0.39 is 15.8 Å². The summed E-state index contributed by atoms with van der Waals surface area (Å²) in [5.74, 6) is 0.317. The summed E-state index contributed by atoms with van der Waals surface area (Å²) in [6, 6.07) is 5.36. The van der Waals surface area contributed by atoms with Gasteiger partial charge in [-0.1, -0.05) is 0 Å². The Morgan fingerprint density at radius 1 is 1.22 bits per heavy atom. The first kappa shape index (κ1) is 19.5. The van der Waals surface area contributed by atoms with Crippen LogP contribution in [0, 0.1) is 19.7 Å². The van der Waals surface area contributed by atoms with Gasteiger partial charge in [0, 0.05) is 18.3 Å². The van der Waals surface area contributed by atoms with E-state index in [9.17, 15) is 12.8 Å². The van der Waals surface area contributed by atoms with Crippen molar-refractivity contribution in [3.63, 3.8) is 0 Å². The number of methoxy groups -OCH3 is 1. The van der Waals surface area contributed by atoms with Gasteiger partial charge in [-0.25, -0.2) is 17.8 Å². The minimum Gasteiger partial charge on any atom is -0.494 e. The number of halogens is 1. The summed E-state index contributed by atoms with van der Waals surface area (Å²) in [5.41, 5.74) is 0.784. The van der Waals surface area contributed by atoms with Crippen LogP contribution in [-0.2, 0) is 10.0 Å². The molecule has 0 aliphatic carbocycles. The summed E-state index contributed by atoms with van der Waals surface area (Å²) in [7, 11) is -2.50. The average Bonchev–Trinajstić information content (AvgIpc) is 2.61. The number of benzene rings is 1. The van der Waals surface area contributed by atoms with Gasteiger partial charge < -0.3 is 9.47 Å². The fraction of sp³-hybridized carbons (Fsp3) is 0.444. The van der Waals surface area contributed by atoms with Crippen LogP contribution in [0.4, 0.5) is 4.39 Å². The molecular formula is C18H22FN3O4S. The average molecular weight is 395 g/mol. The van der Waals surface area contributed by atoms with E-state index in [4.69, 9.17) is 9.47 Å². The third-order valence-electron chi connectivity index (χ3n) is 4.33. The lowest BCUT2D eigenvalue weighted by molar-refractivity contribution is 0.124. The van der Waals surface area contributed by atoms with E-state index in [0.717, 1.165) is 11.8 Å². The largest absolute Gasteiger partial charge is 0.494 e. The lowest BCUT2D eigenvalue weighted by atomic mass is 10.1. The quantitative estimate of drug-likeness (QED) is 0.774. The lowest BCUT2D eigenvalue weighted by Gasteiger charge is -2.31. The number of ether oxygens (including phenoxy) is 2. The molecule has 1 atom stereocenters. The first-order chi connectivity index (χ1) is 12.8. The first-order valence-corrected chi connectivity index (χ1v) is 10.1. The highest BCUT2D eigenvalue weighted by Gasteiger charge is 2.32. The van der Waals surface area contributed by atoms with Gasteiger partial charge in [0.1, 0.15) is 11.9 Å². The second-order valence-electron chi connectivity index (χ2n) is 6.44. The highest BCUT2D eigenvalue weighted by molar-refractivity contribution is 7.89. The normalized spacial score (nSPS) is 18.3. The van der Waals surface area contributed by atoms with Crippen LogP contribution in [0.2, 0.25) is 0 Å². The number of sulfonamides is 1. The summed E-state index contributed by atoms with van der Waals surface area (Å²) in [5, 5.41) is 0. The molecule has 27 heavy (non-hydrogen) atoms. The second-order valence-corrected chi connectivity index (χ2v) is 8.37. The Balaban J connectivity index is 1.77. The smallest absolute Gasteiger partial charge is 0.243 e. The van der Waals surface area contributed by atoms with Crippen molar-refractivity contribution in [3.8, 4) is 11.6 Å². The van der Waals surface area contributed by atoms with Gasteiger partial charge in [-0.15, -0.1) is 0 Å². The standard InChI is InChI=1S/C18H22FN3O4S/c1-12-9-18(21-13(2)20-12)26-14-5-4-8-22(11-14)27(23,24)15-6-7-17(25-3)16(19)10-15/h6-7,9-10,14H,4-5,8,11H2,1-3H3. The number of aryl methyl sites for hydroxylation is 2. The molecule has 0 spiro atoms. The van der Waals surface area contributed by atoms with E-state index >= 15 is 0 Å². The molecule has 1 saturated heterocycles. The van der Waals surface area contributed by atoms with Crippen LogP contribution in [-0.4, -0.2) is 49.0 Å². The van der Waals surface area contributed by atoms with Crippen molar-refractivity contribution >= 4 is 10.0 Å². The third-order valence-corrected chi connectivity index (χ3v) is 6.19.